The molecule has 0 saturated heterocycles. The molecule has 0 unspecified atom stereocenters. The van der Waals surface area contributed by atoms with Crippen LogP contribution in [0.2, 0.25) is 0 Å². The zero-order valence-electron chi connectivity index (χ0n) is 15.7. The van der Waals surface area contributed by atoms with E-state index in [1.54, 1.807) is 13.8 Å². The summed E-state index contributed by atoms with van der Waals surface area (Å²) in [5, 5.41) is -0.819. The molecule has 0 fully saturated rings. The fourth-order valence-electron chi connectivity index (χ4n) is 2.90. The highest BCUT2D eigenvalue weighted by Crippen LogP contribution is 2.37. The minimum Gasteiger partial charge on any atom is -0.494 e. The number of hydrogen-bond donors (Lipinski definition) is 0. The highest BCUT2D eigenvalue weighted by Gasteiger charge is 2.23. The Morgan fingerprint density at radius 3 is 2.03 bits per heavy atom. The average Bonchev–Trinajstić information content (AvgIpc) is 2.72. The molecule has 0 aliphatic heterocycles. The Hall–Kier alpha value is -3.09. The van der Waals surface area contributed by atoms with Crippen LogP contribution in [0, 0.1) is 17.5 Å². The van der Waals surface area contributed by atoms with Crippen LogP contribution in [0.3, 0.4) is 0 Å². The first-order valence-electron chi connectivity index (χ1n) is 8.90. The summed E-state index contributed by atoms with van der Waals surface area (Å²) in [5.41, 5.74) is -1.12. The Morgan fingerprint density at radius 1 is 0.759 bits per heavy atom. The maximum absolute atomic E-state index is 14.7. The lowest BCUT2D eigenvalue weighted by molar-refractivity contribution is 0.322. The lowest BCUT2D eigenvalue weighted by atomic mass is 10.0. The number of benzene rings is 3. The predicted octanol–water partition coefficient (Wildman–Crippen LogP) is 6.82. The number of fused-ring (bicyclic) bond motifs is 1. The van der Waals surface area contributed by atoms with Crippen molar-refractivity contribution in [1.29, 1.82) is 0 Å². The number of rotatable bonds is 6. The van der Waals surface area contributed by atoms with Gasteiger partial charge in [0.05, 0.1) is 24.2 Å². The third-order valence-corrected chi connectivity index (χ3v) is 4.24. The highest BCUT2D eigenvalue weighted by molar-refractivity contribution is 5.91. The molecule has 0 radical (unpaired) electrons. The van der Waals surface area contributed by atoms with E-state index in [1.807, 2.05) is 0 Å². The molecule has 0 aromatic heterocycles. The largest absolute Gasteiger partial charge is 0.494 e. The molecule has 0 spiro atoms. The summed E-state index contributed by atoms with van der Waals surface area (Å²) in [6, 6.07) is 8.67. The third kappa shape index (κ3) is 3.90. The molecule has 3 aromatic carbocycles. The van der Waals surface area contributed by atoms with E-state index in [-0.39, 0.29) is 23.3 Å². The molecule has 3 aromatic rings. The van der Waals surface area contributed by atoms with Crippen LogP contribution in [0.1, 0.15) is 25.0 Å². The second-order valence-corrected chi connectivity index (χ2v) is 6.05. The van der Waals surface area contributed by atoms with E-state index in [2.05, 4.69) is 0 Å². The normalized spacial score (nSPS) is 12.1. The summed E-state index contributed by atoms with van der Waals surface area (Å²) in [5.74, 6) is -7.20. The SMILES string of the molecule is CCOc1ccc(C(F)=C(F)c2cc3ccc(OCC)c(F)c3c(F)c2F)cc1. The Morgan fingerprint density at radius 2 is 1.41 bits per heavy atom. The minimum atomic E-state index is -1.69. The number of hydrogen-bond acceptors (Lipinski definition) is 2. The summed E-state index contributed by atoms with van der Waals surface area (Å²) < 4.78 is 82.9. The van der Waals surface area contributed by atoms with Crippen LogP contribution in [0.15, 0.2) is 42.5 Å². The molecule has 0 saturated carbocycles. The van der Waals surface area contributed by atoms with Crippen molar-refractivity contribution in [2.45, 2.75) is 13.8 Å². The van der Waals surface area contributed by atoms with Crippen molar-refractivity contribution in [3.63, 3.8) is 0 Å². The number of halogens is 5. The number of ether oxygens (including phenoxy) is 2. The van der Waals surface area contributed by atoms with Crippen molar-refractivity contribution in [1.82, 2.24) is 0 Å². The molecule has 3 rings (SSSR count). The molecule has 152 valence electrons. The van der Waals surface area contributed by atoms with Gasteiger partial charge in [-0.15, -0.1) is 0 Å². The summed E-state index contributed by atoms with van der Waals surface area (Å²) in [4.78, 5) is 0. The van der Waals surface area contributed by atoms with Gasteiger partial charge in [0.25, 0.3) is 0 Å². The standard InChI is InChI=1S/C22H17F5O2/c1-3-28-14-8-5-12(6-9-14)18(23)19(24)15-11-13-7-10-16(29-4-2)21(26)17(13)22(27)20(15)25/h5-11H,3-4H2,1-2H3. The van der Waals surface area contributed by atoms with Gasteiger partial charge in [0.1, 0.15) is 5.75 Å². The van der Waals surface area contributed by atoms with Gasteiger partial charge in [0, 0.05) is 5.56 Å². The fraction of sp³-hybridized carbons (Fsp3) is 0.182. The van der Waals surface area contributed by atoms with Crippen molar-refractivity contribution in [2.75, 3.05) is 13.2 Å². The molecule has 0 amide bonds. The predicted molar refractivity (Wildman–Crippen MR) is 102 cm³/mol. The van der Waals surface area contributed by atoms with E-state index in [4.69, 9.17) is 9.47 Å². The van der Waals surface area contributed by atoms with Crippen molar-refractivity contribution >= 4 is 22.4 Å². The van der Waals surface area contributed by atoms with Crippen LogP contribution >= 0.6 is 0 Å². The van der Waals surface area contributed by atoms with E-state index in [0.717, 1.165) is 6.07 Å². The van der Waals surface area contributed by atoms with Gasteiger partial charge in [-0.3, -0.25) is 0 Å². The van der Waals surface area contributed by atoms with E-state index in [0.29, 0.717) is 12.4 Å². The van der Waals surface area contributed by atoms with Gasteiger partial charge < -0.3 is 9.47 Å². The lowest BCUT2D eigenvalue weighted by Crippen LogP contribution is -2.00. The van der Waals surface area contributed by atoms with Crippen molar-refractivity contribution < 1.29 is 31.4 Å². The van der Waals surface area contributed by atoms with Crippen molar-refractivity contribution in [3.05, 3.63) is 71.0 Å². The molecular formula is C22H17F5O2. The second kappa shape index (κ2) is 8.51. The molecule has 0 atom stereocenters. The summed E-state index contributed by atoms with van der Waals surface area (Å²) in [7, 11) is 0. The van der Waals surface area contributed by atoms with Gasteiger partial charge in [-0.25, -0.2) is 22.0 Å². The quantitative estimate of drug-likeness (QED) is 0.329. The molecular weight excluding hydrogens is 391 g/mol. The Kier molecular flexibility index (Phi) is 6.06. The van der Waals surface area contributed by atoms with E-state index in [1.165, 1.54) is 36.4 Å². The van der Waals surface area contributed by atoms with Crippen molar-refractivity contribution in [2.24, 2.45) is 0 Å². The minimum absolute atomic E-state index is 0.120. The van der Waals surface area contributed by atoms with Crippen LogP contribution in [0.25, 0.3) is 22.4 Å². The summed E-state index contributed by atoms with van der Waals surface area (Å²) >= 11 is 0. The Labute approximate surface area is 164 Å². The topological polar surface area (TPSA) is 18.5 Å². The van der Waals surface area contributed by atoms with Gasteiger partial charge in [0.2, 0.25) is 0 Å². The zero-order valence-corrected chi connectivity index (χ0v) is 15.7. The molecule has 0 aliphatic rings. The zero-order chi connectivity index (χ0) is 21.1. The Balaban J connectivity index is 2.12. The first kappa shape index (κ1) is 20.6. The van der Waals surface area contributed by atoms with Crippen LogP contribution < -0.4 is 9.47 Å². The first-order valence-corrected chi connectivity index (χ1v) is 8.90. The maximum Gasteiger partial charge on any atom is 0.175 e. The average molecular weight is 408 g/mol. The molecule has 0 bridgehead atoms. The second-order valence-electron chi connectivity index (χ2n) is 6.05. The fourth-order valence-corrected chi connectivity index (χ4v) is 2.90. The van der Waals surface area contributed by atoms with Gasteiger partial charge in [0.15, 0.2) is 34.9 Å². The molecule has 0 N–H and O–H groups in total. The first-order chi connectivity index (χ1) is 13.9. The van der Waals surface area contributed by atoms with E-state index < -0.39 is 40.1 Å². The van der Waals surface area contributed by atoms with Gasteiger partial charge >= 0.3 is 0 Å². The van der Waals surface area contributed by atoms with Crippen LogP contribution in [0.5, 0.6) is 11.5 Å². The molecule has 2 nitrogen and oxygen atoms in total. The summed E-state index contributed by atoms with van der Waals surface area (Å²) in [6.45, 7) is 3.89. The molecule has 7 heteroatoms. The monoisotopic (exact) mass is 408 g/mol. The van der Waals surface area contributed by atoms with Crippen LogP contribution in [-0.4, -0.2) is 13.2 Å². The van der Waals surface area contributed by atoms with Gasteiger partial charge in [-0.1, -0.05) is 6.07 Å². The lowest BCUT2D eigenvalue weighted by Gasteiger charge is -2.11. The maximum atomic E-state index is 14.7. The van der Waals surface area contributed by atoms with Crippen LogP contribution in [0.4, 0.5) is 22.0 Å². The van der Waals surface area contributed by atoms with Gasteiger partial charge in [-0.05, 0) is 55.6 Å². The summed E-state index contributed by atoms with van der Waals surface area (Å²) in [6.07, 6.45) is 0. The Bertz CT molecular complexity index is 1070. The van der Waals surface area contributed by atoms with E-state index in [9.17, 15) is 22.0 Å². The van der Waals surface area contributed by atoms with Crippen LogP contribution in [-0.2, 0) is 0 Å². The third-order valence-electron chi connectivity index (χ3n) is 4.24. The van der Waals surface area contributed by atoms with E-state index >= 15 is 0 Å². The van der Waals surface area contributed by atoms with Gasteiger partial charge in [-0.2, -0.15) is 0 Å². The molecule has 0 aliphatic carbocycles. The van der Waals surface area contributed by atoms with Crippen molar-refractivity contribution in [3.8, 4) is 11.5 Å². The highest BCUT2D eigenvalue weighted by atomic mass is 19.2. The molecule has 0 heterocycles. The smallest absolute Gasteiger partial charge is 0.175 e. The molecule has 29 heavy (non-hydrogen) atoms.